The Hall–Kier alpha value is -1.14. The van der Waals surface area contributed by atoms with Crippen LogP contribution in [0.2, 0.25) is 0 Å². The van der Waals surface area contributed by atoms with E-state index in [1.165, 1.54) is 19.3 Å². The van der Waals surface area contributed by atoms with E-state index in [-0.39, 0.29) is 6.04 Å². The van der Waals surface area contributed by atoms with Crippen molar-refractivity contribution in [3.8, 4) is 0 Å². The smallest absolute Gasteiger partial charge is 0.241 e. The summed E-state index contributed by atoms with van der Waals surface area (Å²) >= 11 is 0. The van der Waals surface area contributed by atoms with Crippen molar-refractivity contribution < 1.29 is 8.42 Å². The third-order valence-electron chi connectivity index (χ3n) is 5.43. The first-order valence-electron chi connectivity index (χ1n) is 7.82. The lowest BCUT2D eigenvalue weighted by Gasteiger charge is -2.12. The van der Waals surface area contributed by atoms with Crippen LogP contribution in [0.15, 0.2) is 23.2 Å². The summed E-state index contributed by atoms with van der Waals surface area (Å²) in [5.41, 5.74) is 0. The molecule has 21 heavy (non-hydrogen) atoms. The van der Waals surface area contributed by atoms with Gasteiger partial charge < -0.3 is 5.32 Å². The molecule has 5 nitrogen and oxygen atoms in total. The second kappa shape index (κ2) is 4.68. The van der Waals surface area contributed by atoms with Crippen molar-refractivity contribution in [2.45, 2.75) is 37.1 Å². The van der Waals surface area contributed by atoms with Gasteiger partial charge in [0.25, 0.3) is 0 Å². The largest absolute Gasteiger partial charge is 0.370 e. The fourth-order valence-corrected chi connectivity index (χ4v) is 5.90. The predicted octanol–water partition coefficient (Wildman–Crippen LogP) is 1.84. The van der Waals surface area contributed by atoms with Gasteiger partial charge in [0.1, 0.15) is 5.82 Å². The number of aromatic nitrogens is 1. The number of anilines is 1. The minimum atomic E-state index is -3.43. The fourth-order valence-electron chi connectivity index (χ4n) is 4.59. The number of hydrogen-bond donors (Lipinski definition) is 2. The molecule has 0 saturated heterocycles. The molecule has 2 bridgehead atoms. The molecule has 114 valence electrons. The zero-order valence-electron chi connectivity index (χ0n) is 12.1. The number of nitrogens with one attached hydrogen (secondary N) is 2. The second-order valence-corrected chi connectivity index (χ2v) is 8.26. The van der Waals surface area contributed by atoms with Crippen LogP contribution in [0.5, 0.6) is 0 Å². The van der Waals surface area contributed by atoms with Crippen LogP contribution < -0.4 is 10.0 Å². The number of hydrogen-bond acceptors (Lipinski definition) is 4. The molecule has 0 amide bonds. The van der Waals surface area contributed by atoms with E-state index in [0.29, 0.717) is 22.5 Å². The lowest BCUT2D eigenvalue weighted by molar-refractivity contribution is 0.456. The first-order chi connectivity index (χ1) is 10.1. The summed E-state index contributed by atoms with van der Waals surface area (Å²) in [7, 11) is -3.43. The molecule has 0 aliphatic heterocycles. The Morgan fingerprint density at radius 3 is 2.67 bits per heavy atom. The van der Waals surface area contributed by atoms with Crippen LogP contribution in [0.1, 0.15) is 26.2 Å². The third-order valence-corrected chi connectivity index (χ3v) is 6.88. The second-order valence-electron chi connectivity index (χ2n) is 6.54. The van der Waals surface area contributed by atoms with E-state index in [4.69, 9.17) is 0 Å². The van der Waals surface area contributed by atoms with Gasteiger partial charge in [0.15, 0.2) is 0 Å². The van der Waals surface area contributed by atoms with Crippen molar-refractivity contribution in [3.05, 3.63) is 18.3 Å². The monoisotopic (exact) mass is 307 g/mol. The Morgan fingerprint density at radius 1 is 1.29 bits per heavy atom. The molecule has 1 aromatic rings. The number of pyridine rings is 1. The molecule has 0 aromatic carbocycles. The first kappa shape index (κ1) is 13.5. The summed E-state index contributed by atoms with van der Waals surface area (Å²) in [5.74, 6) is 3.35. The number of rotatable bonds is 5. The van der Waals surface area contributed by atoms with Crippen LogP contribution in [0.3, 0.4) is 0 Å². The fraction of sp³-hybridized carbons (Fsp3) is 0.667. The summed E-state index contributed by atoms with van der Waals surface area (Å²) in [6.45, 7) is 2.68. The average Bonchev–Trinajstić information content (AvgIpc) is 2.85. The van der Waals surface area contributed by atoms with Gasteiger partial charge in [0.05, 0.1) is 4.90 Å². The van der Waals surface area contributed by atoms with Crippen LogP contribution in [0.25, 0.3) is 0 Å². The van der Waals surface area contributed by atoms with E-state index in [2.05, 4.69) is 15.0 Å². The summed E-state index contributed by atoms with van der Waals surface area (Å²) in [6.07, 6.45) is 5.46. The van der Waals surface area contributed by atoms with Crippen LogP contribution >= 0.6 is 0 Å². The number of fused-ring (bicyclic) bond motifs is 5. The minimum Gasteiger partial charge on any atom is -0.370 e. The lowest BCUT2D eigenvalue weighted by Crippen LogP contribution is -2.30. The summed E-state index contributed by atoms with van der Waals surface area (Å²) in [6, 6.07) is 3.35. The average molecular weight is 307 g/mol. The first-order valence-corrected chi connectivity index (χ1v) is 9.30. The lowest BCUT2D eigenvalue weighted by atomic mass is 10.0. The van der Waals surface area contributed by atoms with E-state index in [1.807, 2.05) is 6.92 Å². The van der Waals surface area contributed by atoms with Gasteiger partial charge >= 0.3 is 0 Å². The van der Waals surface area contributed by atoms with Crippen molar-refractivity contribution in [1.82, 2.24) is 9.71 Å². The van der Waals surface area contributed by atoms with Gasteiger partial charge in [-0.05, 0) is 55.9 Å². The van der Waals surface area contributed by atoms with E-state index < -0.39 is 10.0 Å². The molecule has 4 atom stereocenters. The quantitative estimate of drug-likeness (QED) is 0.871. The van der Waals surface area contributed by atoms with Crippen LogP contribution in [-0.4, -0.2) is 26.0 Å². The Bertz CT molecular complexity index is 645. The molecule has 2 N–H and O–H groups in total. The Balaban J connectivity index is 1.51. The highest BCUT2D eigenvalue weighted by molar-refractivity contribution is 7.89. The number of nitrogens with zero attached hydrogens (tertiary/aromatic N) is 1. The standard InChI is InChI=1S/C15H21N3O2S/c1-2-16-12-8-11(5-6-17-12)21(19,20)18-15-13-9-3-4-10(7-9)14(13)15/h5-6,8-10,13-15,18H,2-4,7H2,1H3,(H,16,17). The minimum absolute atomic E-state index is 0.178. The van der Waals surface area contributed by atoms with E-state index in [0.717, 1.165) is 18.4 Å². The topological polar surface area (TPSA) is 71.1 Å². The van der Waals surface area contributed by atoms with E-state index in [9.17, 15) is 8.42 Å². The highest BCUT2D eigenvalue weighted by Gasteiger charge is 2.65. The van der Waals surface area contributed by atoms with Gasteiger partial charge in [-0.2, -0.15) is 0 Å². The molecule has 3 saturated carbocycles. The molecular formula is C15H21N3O2S. The highest BCUT2D eigenvalue weighted by atomic mass is 32.2. The van der Waals surface area contributed by atoms with Crippen LogP contribution in [0, 0.1) is 23.7 Å². The summed E-state index contributed by atoms with van der Waals surface area (Å²) in [5, 5.41) is 3.05. The van der Waals surface area contributed by atoms with Crippen molar-refractivity contribution in [1.29, 1.82) is 0 Å². The molecule has 1 heterocycles. The van der Waals surface area contributed by atoms with Crippen molar-refractivity contribution in [3.63, 3.8) is 0 Å². The normalized spacial score (nSPS) is 36.5. The molecule has 0 radical (unpaired) electrons. The van der Waals surface area contributed by atoms with Gasteiger partial charge in [-0.3, -0.25) is 0 Å². The Morgan fingerprint density at radius 2 is 2.00 bits per heavy atom. The molecule has 0 spiro atoms. The molecule has 3 fully saturated rings. The SMILES string of the molecule is CCNc1cc(S(=O)(=O)NC2C3C4CCC(C4)C23)ccn1. The molecule has 6 heteroatoms. The van der Waals surface area contributed by atoms with Gasteiger partial charge in [0.2, 0.25) is 10.0 Å². The Kier molecular flexibility index (Phi) is 3.01. The van der Waals surface area contributed by atoms with Crippen LogP contribution in [0.4, 0.5) is 5.82 Å². The van der Waals surface area contributed by atoms with Gasteiger partial charge in [-0.15, -0.1) is 0 Å². The zero-order chi connectivity index (χ0) is 14.6. The Labute approximate surface area is 125 Å². The van der Waals surface area contributed by atoms with Crippen molar-refractivity contribution in [2.75, 3.05) is 11.9 Å². The molecule has 3 aliphatic carbocycles. The molecule has 1 aromatic heterocycles. The number of sulfonamides is 1. The van der Waals surface area contributed by atoms with Crippen molar-refractivity contribution >= 4 is 15.8 Å². The maximum Gasteiger partial charge on any atom is 0.241 e. The zero-order valence-corrected chi connectivity index (χ0v) is 12.9. The maximum atomic E-state index is 12.5. The maximum absolute atomic E-state index is 12.5. The molecular weight excluding hydrogens is 286 g/mol. The van der Waals surface area contributed by atoms with Gasteiger partial charge in [-0.1, -0.05) is 0 Å². The summed E-state index contributed by atoms with van der Waals surface area (Å²) < 4.78 is 28.0. The van der Waals surface area contributed by atoms with Crippen LogP contribution in [-0.2, 0) is 10.0 Å². The predicted molar refractivity (Wildman–Crippen MR) is 80.3 cm³/mol. The third kappa shape index (κ3) is 2.16. The highest BCUT2D eigenvalue weighted by Crippen LogP contribution is 2.65. The van der Waals surface area contributed by atoms with Gasteiger partial charge in [0, 0.05) is 24.8 Å². The molecule has 4 unspecified atom stereocenters. The molecule has 3 aliphatic rings. The van der Waals surface area contributed by atoms with E-state index in [1.54, 1.807) is 18.3 Å². The van der Waals surface area contributed by atoms with Gasteiger partial charge in [-0.25, -0.2) is 18.1 Å². The summed E-state index contributed by atoms with van der Waals surface area (Å²) in [4.78, 5) is 4.44. The van der Waals surface area contributed by atoms with Crippen molar-refractivity contribution in [2.24, 2.45) is 23.7 Å². The molecule has 4 rings (SSSR count). The van der Waals surface area contributed by atoms with E-state index >= 15 is 0 Å².